The molecule has 1 atom stereocenters. The number of sulfonamides is 1. The first-order chi connectivity index (χ1) is 17.3. The van der Waals surface area contributed by atoms with Gasteiger partial charge in [0.25, 0.3) is 10.0 Å². The maximum Gasteiger partial charge on any atom is 0.327 e. The molecular formula is C26H21ClN2O6S. The Morgan fingerprint density at radius 2 is 1.86 bits per heavy atom. The Kier molecular flexibility index (Phi) is 6.19. The number of aliphatic carboxylic acids is 1. The van der Waals surface area contributed by atoms with E-state index < -0.39 is 22.0 Å². The average Bonchev–Trinajstić information content (AvgIpc) is 3.45. The number of nitrogens with zero attached hydrogens (tertiary/aromatic N) is 2. The van der Waals surface area contributed by atoms with E-state index in [0.717, 1.165) is 9.87 Å². The zero-order valence-corrected chi connectivity index (χ0v) is 20.7. The lowest BCUT2D eigenvalue weighted by atomic mass is 10.1. The summed E-state index contributed by atoms with van der Waals surface area (Å²) < 4.78 is 39.4. The van der Waals surface area contributed by atoms with Crippen LogP contribution in [0.25, 0.3) is 11.5 Å². The van der Waals surface area contributed by atoms with Gasteiger partial charge < -0.3 is 14.3 Å². The van der Waals surface area contributed by atoms with Crippen LogP contribution in [0.4, 0.5) is 5.69 Å². The van der Waals surface area contributed by atoms with Crippen LogP contribution in [0, 0.1) is 6.92 Å². The number of benzene rings is 3. The molecule has 0 amide bonds. The monoisotopic (exact) mass is 524 g/mol. The highest BCUT2D eigenvalue weighted by Gasteiger charge is 2.42. The number of aryl methyl sites for hydroxylation is 1. The summed E-state index contributed by atoms with van der Waals surface area (Å²) in [7, 11) is -4.20. The van der Waals surface area contributed by atoms with Crippen LogP contribution in [0.1, 0.15) is 17.0 Å². The number of carboxylic acids is 1. The largest absolute Gasteiger partial charge is 0.486 e. The van der Waals surface area contributed by atoms with Gasteiger partial charge in [-0.05, 0) is 48.9 Å². The van der Waals surface area contributed by atoms with Gasteiger partial charge in [-0.2, -0.15) is 0 Å². The molecule has 0 saturated heterocycles. The first-order valence-corrected chi connectivity index (χ1v) is 12.9. The molecule has 5 rings (SSSR count). The number of carboxylic acid groups (broad SMARTS) is 1. The van der Waals surface area contributed by atoms with E-state index in [1.165, 1.54) is 18.2 Å². The Morgan fingerprint density at radius 1 is 1.14 bits per heavy atom. The third-order valence-corrected chi connectivity index (χ3v) is 8.06. The van der Waals surface area contributed by atoms with E-state index in [-0.39, 0.29) is 28.7 Å². The highest BCUT2D eigenvalue weighted by molar-refractivity contribution is 7.93. The van der Waals surface area contributed by atoms with Crippen molar-refractivity contribution in [2.24, 2.45) is 0 Å². The van der Waals surface area contributed by atoms with Crippen LogP contribution in [-0.4, -0.2) is 30.5 Å². The van der Waals surface area contributed by atoms with E-state index >= 15 is 0 Å². The number of carbonyl (C=O) groups is 1. The third-order valence-electron chi connectivity index (χ3n) is 5.95. The van der Waals surface area contributed by atoms with Crippen molar-refractivity contribution in [3.8, 4) is 17.2 Å². The van der Waals surface area contributed by atoms with Crippen LogP contribution < -0.4 is 9.04 Å². The van der Waals surface area contributed by atoms with E-state index in [0.29, 0.717) is 28.6 Å². The topological polar surface area (TPSA) is 110 Å². The molecule has 4 aromatic rings. The Balaban J connectivity index is 1.38. The molecule has 0 saturated carbocycles. The standard InChI is InChI=1S/C26H21ClN2O6S/c1-16-21(28-25(35-16)17-7-3-2-4-8-17)15-34-24-12-11-19(14-20(24)27)36(32,33)29-22-10-6-5-9-18(22)13-23(29)26(30)31/h2-12,14,23H,13,15H2,1H3,(H,30,31). The highest BCUT2D eigenvalue weighted by atomic mass is 35.5. The predicted octanol–water partition coefficient (Wildman–Crippen LogP) is 5.09. The summed E-state index contributed by atoms with van der Waals surface area (Å²) in [6, 6.07) is 19.0. The molecule has 36 heavy (non-hydrogen) atoms. The summed E-state index contributed by atoms with van der Waals surface area (Å²) in [5.41, 5.74) is 2.41. The number of oxazole rings is 1. The predicted molar refractivity (Wildman–Crippen MR) is 134 cm³/mol. The number of fused-ring (bicyclic) bond motifs is 1. The normalized spacial score (nSPS) is 15.1. The van der Waals surface area contributed by atoms with Gasteiger partial charge in [0.05, 0.1) is 15.6 Å². The molecule has 3 aromatic carbocycles. The van der Waals surface area contributed by atoms with Crippen LogP contribution in [0.5, 0.6) is 5.75 Å². The minimum absolute atomic E-state index is 0.0641. The van der Waals surface area contributed by atoms with Gasteiger partial charge in [-0.3, -0.25) is 4.31 Å². The van der Waals surface area contributed by atoms with E-state index in [1.54, 1.807) is 31.2 Å². The summed E-state index contributed by atoms with van der Waals surface area (Å²) in [5, 5.41) is 9.74. The number of hydrogen-bond donors (Lipinski definition) is 1. The number of ether oxygens (including phenoxy) is 1. The summed E-state index contributed by atoms with van der Waals surface area (Å²) in [6.45, 7) is 1.84. The maximum absolute atomic E-state index is 13.5. The van der Waals surface area contributed by atoms with E-state index in [1.807, 2.05) is 30.3 Å². The number of halogens is 1. The number of hydrogen-bond acceptors (Lipinski definition) is 6. The third kappa shape index (κ3) is 4.31. The number of rotatable bonds is 7. The van der Waals surface area contributed by atoms with Gasteiger partial charge in [-0.15, -0.1) is 0 Å². The van der Waals surface area contributed by atoms with Crippen molar-refractivity contribution in [2.75, 3.05) is 4.31 Å². The van der Waals surface area contributed by atoms with Gasteiger partial charge in [0, 0.05) is 12.0 Å². The molecule has 8 nitrogen and oxygen atoms in total. The molecule has 0 bridgehead atoms. The fourth-order valence-electron chi connectivity index (χ4n) is 4.13. The van der Waals surface area contributed by atoms with Crippen LogP contribution in [-0.2, 0) is 27.8 Å². The molecule has 1 aliphatic rings. The minimum Gasteiger partial charge on any atom is -0.486 e. The van der Waals surface area contributed by atoms with Gasteiger partial charge in [0.1, 0.15) is 29.9 Å². The molecule has 0 radical (unpaired) electrons. The zero-order chi connectivity index (χ0) is 25.4. The molecule has 1 aromatic heterocycles. The van der Waals surface area contributed by atoms with Crippen molar-refractivity contribution < 1.29 is 27.5 Å². The first kappa shape index (κ1) is 23.9. The second kappa shape index (κ2) is 9.33. The number of anilines is 1. The Labute approximate surface area is 212 Å². The van der Waals surface area contributed by atoms with Gasteiger partial charge in [0.2, 0.25) is 5.89 Å². The molecule has 0 fully saturated rings. The summed E-state index contributed by atoms with van der Waals surface area (Å²) in [4.78, 5) is 16.2. The van der Waals surface area contributed by atoms with Gasteiger partial charge in [-0.25, -0.2) is 18.2 Å². The SMILES string of the molecule is Cc1oc(-c2ccccc2)nc1COc1ccc(S(=O)(=O)N2c3ccccc3CC2C(=O)O)cc1Cl. The van der Waals surface area contributed by atoms with Crippen molar-refractivity contribution in [2.45, 2.75) is 30.9 Å². The van der Waals surface area contributed by atoms with E-state index in [2.05, 4.69) is 4.98 Å². The maximum atomic E-state index is 13.5. The lowest BCUT2D eigenvalue weighted by molar-refractivity contribution is -0.138. The molecule has 0 aliphatic carbocycles. The Hall–Kier alpha value is -3.82. The van der Waals surface area contributed by atoms with Crippen molar-refractivity contribution >= 4 is 33.3 Å². The van der Waals surface area contributed by atoms with E-state index in [9.17, 15) is 18.3 Å². The molecule has 2 heterocycles. The van der Waals surface area contributed by atoms with Crippen molar-refractivity contribution in [1.82, 2.24) is 4.98 Å². The lowest BCUT2D eigenvalue weighted by Gasteiger charge is -2.24. The fraction of sp³-hybridized carbons (Fsp3) is 0.154. The van der Waals surface area contributed by atoms with Gasteiger partial charge >= 0.3 is 5.97 Å². The average molecular weight is 525 g/mol. The molecule has 1 aliphatic heterocycles. The summed E-state index contributed by atoms with van der Waals surface area (Å²) >= 11 is 6.38. The number of aromatic nitrogens is 1. The van der Waals surface area contributed by atoms with E-state index in [4.69, 9.17) is 20.8 Å². The molecule has 1 unspecified atom stereocenters. The van der Waals surface area contributed by atoms with Crippen molar-refractivity contribution in [3.63, 3.8) is 0 Å². The molecule has 0 spiro atoms. The molecule has 1 N–H and O–H groups in total. The highest BCUT2D eigenvalue weighted by Crippen LogP contribution is 2.38. The lowest BCUT2D eigenvalue weighted by Crippen LogP contribution is -2.42. The van der Waals surface area contributed by atoms with Gasteiger partial charge in [-0.1, -0.05) is 48.0 Å². The van der Waals surface area contributed by atoms with Gasteiger partial charge in [0.15, 0.2) is 0 Å². The quantitative estimate of drug-likeness (QED) is 0.358. The van der Waals surface area contributed by atoms with Crippen LogP contribution >= 0.6 is 11.6 Å². The summed E-state index contributed by atoms with van der Waals surface area (Å²) in [5.74, 6) is 0.101. The Morgan fingerprint density at radius 3 is 2.58 bits per heavy atom. The second-order valence-electron chi connectivity index (χ2n) is 8.26. The number of para-hydroxylation sites is 1. The molecule has 10 heteroatoms. The Bertz CT molecular complexity index is 1550. The smallest absolute Gasteiger partial charge is 0.327 e. The summed E-state index contributed by atoms with van der Waals surface area (Å²) in [6.07, 6.45) is 0.0850. The van der Waals surface area contributed by atoms with Crippen LogP contribution in [0.2, 0.25) is 5.02 Å². The fourth-order valence-corrected chi connectivity index (χ4v) is 6.10. The first-order valence-electron chi connectivity index (χ1n) is 11.0. The second-order valence-corrected chi connectivity index (χ2v) is 10.5. The molecule has 184 valence electrons. The van der Waals surface area contributed by atoms with Crippen molar-refractivity contribution in [1.29, 1.82) is 0 Å². The minimum atomic E-state index is -4.20. The zero-order valence-electron chi connectivity index (χ0n) is 19.1. The van der Waals surface area contributed by atoms with Crippen LogP contribution in [0.15, 0.2) is 82.1 Å². The van der Waals surface area contributed by atoms with Crippen LogP contribution in [0.3, 0.4) is 0 Å². The molecular weight excluding hydrogens is 504 g/mol. The van der Waals surface area contributed by atoms with Crippen molar-refractivity contribution in [3.05, 3.63) is 94.8 Å².